The van der Waals surface area contributed by atoms with Gasteiger partial charge in [-0.05, 0) is 19.4 Å². The molecule has 118 valence electrons. The van der Waals surface area contributed by atoms with Gasteiger partial charge >= 0.3 is 6.09 Å². The minimum Gasteiger partial charge on any atom is -0.450 e. The van der Waals surface area contributed by atoms with Crippen LogP contribution in [0.2, 0.25) is 0 Å². The van der Waals surface area contributed by atoms with Crippen LogP contribution in [0.3, 0.4) is 0 Å². The van der Waals surface area contributed by atoms with E-state index < -0.39 is 6.09 Å². The van der Waals surface area contributed by atoms with Crippen LogP contribution < -0.4 is 10.6 Å². The van der Waals surface area contributed by atoms with Crippen molar-refractivity contribution in [3.8, 4) is 0 Å². The van der Waals surface area contributed by atoms with Gasteiger partial charge in [0.15, 0.2) is 0 Å². The quantitative estimate of drug-likeness (QED) is 0.908. The molecule has 0 radical (unpaired) electrons. The van der Waals surface area contributed by atoms with E-state index in [-0.39, 0.29) is 6.04 Å². The van der Waals surface area contributed by atoms with Crippen molar-refractivity contribution in [2.45, 2.75) is 19.9 Å². The van der Waals surface area contributed by atoms with Gasteiger partial charge in [-0.1, -0.05) is 30.3 Å². The van der Waals surface area contributed by atoms with Gasteiger partial charge in [0.05, 0.1) is 30.2 Å². The molecular weight excluding hydrogens is 292 g/mol. The Morgan fingerprint density at radius 3 is 2.87 bits per heavy atom. The highest BCUT2D eigenvalue weighted by Gasteiger charge is 2.20. The maximum atomic E-state index is 11.5. The summed E-state index contributed by atoms with van der Waals surface area (Å²) in [7, 11) is 0. The van der Waals surface area contributed by atoms with E-state index in [1.807, 2.05) is 37.3 Å². The fourth-order valence-electron chi connectivity index (χ4n) is 2.44. The molecule has 0 aliphatic carbocycles. The smallest absolute Gasteiger partial charge is 0.412 e. The van der Waals surface area contributed by atoms with E-state index in [4.69, 9.17) is 9.73 Å². The molecule has 23 heavy (non-hydrogen) atoms. The van der Waals surface area contributed by atoms with Crippen LogP contribution in [0.15, 0.2) is 47.6 Å². The molecule has 6 nitrogen and oxygen atoms in total. The summed E-state index contributed by atoms with van der Waals surface area (Å²) >= 11 is 0. The zero-order chi connectivity index (χ0) is 16.2. The van der Waals surface area contributed by atoms with Crippen LogP contribution in [0.25, 0.3) is 0 Å². The van der Waals surface area contributed by atoms with Gasteiger partial charge in [0.2, 0.25) is 0 Å². The summed E-state index contributed by atoms with van der Waals surface area (Å²) in [5, 5.41) is 5.98. The highest BCUT2D eigenvalue weighted by molar-refractivity contribution is 6.09. The highest BCUT2D eigenvalue weighted by atomic mass is 16.5. The van der Waals surface area contributed by atoms with Crippen LogP contribution in [0.1, 0.15) is 19.4 Å². The Bertz CT molecular complexity index is 744. The molecule has 1 atom stereocenters. The van der Waals surface area contributed by atoms with E-state index in [0.29, 0.717) is 12.4 Å². The fourth-order valence-corrected chi connectivity index (χ4v) is 2.44. The van der Waals surface area contributed by atoms with Gasteiger partial charge in [0, 0.05) is 6.07 Å². The number of hydrogen-bond donors (Lipinski definition) is 2. The van der Waals surface area contributed by atoms with Crippen LogP contribution in [0, 0.1) is 0 Å². The number of benzene rings is 1. The molecule has 0 saturated carbocycles. The molecule has 1 aromatic carbocycles. The number of carbonyl (C=O) groups is 1. The summed E-state index contributed by atoms with van der Waals surface area (Å²) in [6.07, 6.45) is 1.12. The summed E-state index contributed by atoms with van der Waals surface area (Å²) < 4.78 is 4.85. The lowest BCUT2D eigenvalue weighted by atomic mass is 10.0. The van der Waals surface area contributed by atoms with Gasteiger partial charge in [-0.2, -0.15) is 0 Å². The standard InChI is InChI=1S/C17H18N4O2/c1-3-23-17(22)21-15-9-13-14(10-18-15)20-16(11(2)19-13)12-7-5-4-6-8-12/h4-11,19H,3H2,1-2H3,(H,18,21,22)/t11-/m0/s1. The van der Waals surface area contributed by atoms with Gasteiger partial charge < -0.3 is 10.1 Å². The number of hydrogen-bond acceptors (Lipinski definition) is 5. The van der Waals surface area contributed by atoms with Gasteiger partial charge in [0.1, 0.15) is 11.5 Å². The SMILES string of the molecule is CCOC(=O)Nc1cc2c(cn1)N=C(c1ccccc1)[C@H](C)N2. The minimum atomic E-state index is -0.516. The van der Waals surface area contributed by atoms with Crippen molar-refractivity contribution < 1.29 is 9.53 Å². The Kier molecular flexibility index (Phi) is 4.23. The minimum absolute atomic E-state index is 0.0581. The van der Waals surface area contributed by atoms with Crippen molar-refractivity contribution in [2.24, 2.45) is 4.99 Å². The number of nitrogens with one attached hydrogen (secondary N) is 2. The molecule has 0 bridgehead atoms. The van der Waals surface area contributed by atoms with Crippen LogP contribution in [0.5, 0.6) is 0 Å². The molecule has 1 aromatic heterocycles. The number of rotatable bonds is 3. The number of aromatic nitrogens is 1. The molecule has 1 aliphatic rings. The molecule has 1 aliphatic heterocycles. The molecule has 1 amide bonds. The Morgan fingerprint density at radius 1 is 1.35 bits per heavy atom. The lowest BCUT2D eigenvalue weighted by Crippen LogP contribution is -2.29. The average molecular weight is 310 g/mol. The molecule has 3 rings (SSSR count). The summed E-state index contributed by atoms with van der Waals surface area (Å²) in [6, 6.07) is 11.8. The summed E-state index contributed by atoms with van der Waals surface area (Å²) in [5.74, 6) is 0.431. The van der Waals surface area contributed by atoms with E-state index in [2.05, 4.69) is 15.6 Å². The monoisotopic (exact) mass is 310 g/mol. The third-order valence-electron chi connectivity index (χ3n) is 3.48. The first-order valence-corrected chi connectivity index (χ1v) is 7.51. The molecular formula is C17H18N4O2. The van der Waals surface area contributed by atoms with Crippen LogP contribution in [-0.4, -0.2) is 29.4 Å². The Morgan fingerprint density at radius 2 is 2.13 bits per heavy atom. The predicted molar refractivity (Wildman–Crippen MR) is 90.6 cm³/mol. The number of carbonyl (C=O) groups excluding carboxylic acids is 1. The van der Waals surface area contributed by atoms with Gasteiger partial charge in [0.25, 0.3) is 0 Å². The number of aliphatic imine (C=N–C) groups is 1. The first-order chi connectivity index (χ1) is 11.2. The molecule has 2 heterocycles. The van der Waals surface area contributed by atoms with E-state index >= 15 is 0 Å². The first kappa shape index (κ1) is 15.0. The highest BCUT2D eigenvalue weighted by Crippen LogP contribution is 2.32. The molecule has 0 fully saturated rings. The van der Waals surface area contributed by atoms with Crippen molar-refractivity contribution >= 4 is 29.0 Å². The summed E-state index contributed by atoms with van der Waals surface area (Å²) in [5.41, 5.74) is 3.62. The normalized spacial score (nSPS) is 15.9. The van der Waals surface area contributed by atoms with E-state index in [9.17, 15) is 4.79 Å². The maximum absolute atomic E-state index is 11.5. The van der Waals surface area contributed by atoms with Crippen LogP contribution in [0.4, 0.5) is 22.0 Å². The number of anilines is 2. The number of ether oxygens (including phenoxy) is 1. The van der Waals surface area contributed by atoms with Gasteiger partial charge in [-0.3, -0.25) is 5.32 Å². The Hall–Kier alpha value is -2.89. The predicted octanol–water partition coefficient (Wildman–Crippen LogP) is 3.58. The molecule has 2 aromatic rings. The van der Waals surface area contributed by atoms with Crippen molar-refractivity contribution in [3.63, 3.8) is 0 Å². The molecule has 2 N–H and O–H groups in total. The topological polar surface area (TPSA) is 75.6 Å². The van der Waals surface area contributed by atoms with Crippen molar-refractivity contribution in [1.82, 2.24) is 4.98 Å². The van der Waals surface area contributed by atoms with Crippen LogP contribution in [-0.2, 0) is 4.74 Å². The van der Waals surface area contributed by atoms with E-state index in [1.54, 1.807) is 19.2 Å². The number of amides is 1. The third kappa shape index (κ3) is 3.31. The Balaban J connectivity index is 1.87. The Labute approximate surface area is 134 Å². The summed E-state index contributed by atoms with van der Waals surface area (Å²) in [4.78, 5) is 20.4. The zero-order valence-corrected chi connectivity index (χ0v) is 13.0. The lowest BCUT2D eigenvalue weighted by Gasteiger charge is -2.24. The van der Waals surface area contributed by atoms with E-state index in [1.165, 1.54) is 0 Å². The largest absolute Gasteiger partial charge is 0.450 e. The second-order valence-corrected chi connectivity index (χ2v) is 5.16. The number of pyridine rings is 1. The maximum Gasteiger partial charge on any atom is 0.412 e. The molecule has 0 spiro atoms. The van der Waals surface area contributed by atoms with Crippen molar-refractivity contribution in [1.29, 1.82) is 0 Å². The number of fused-ring (bicyclic) bond motifs is 1. The second kappa shape index (κ2) is 6.48. The van der Waals surface area contributed by atoms with Crippen molar-refractivity contribution in [3.05, 3.63) is 48.2 Å². The lowest BCUT2D eigenvalue weighted by molar-refractivity contribution is 0.168. The molecule has 6 heteroatoms. The average Bonchev–Trinajstić information content (AvgIpc) is 2.55. The fraction of sp³-hybridized carbons (Fsp3) is 0.235. The molecule has 0 saturated heterocycles. The first-order valence-electron chi connectivity index (χ1n) is 7.51. The molecule has 0 unspecified atom stereocenters. The van der Waals surface area contributed by atoms with Gasteiger partial charge in [-0.25, -0.2) is 14.8 Å². The second-order valence-electron chi connectivity index (χ2n) is 5.16. The number of nitrogens with zero attached hydrogens (tertiary/aromatic N) is 2. The third-order valence-corrected chi connectivity index (χ3v) is 3.48. The van der Waals surface area contributed by atoms with Crippen molar-refractivity contribution in [2.75, 3.05) is 17.2 Å². The van der Waals surface area contributed by atoms with E-state index in [0.717, 1.165) is 22.6 Å². The van der Waals surface area contributed by atoms with Gasteiger partial charge in [-0.15, -0.1) is 0 Å². The van der Waals surface area contributed by atoms with Crippen LogP contribution >= 0.6 is 0 Å². The zero-order valence-electron chi connectivity index (χ0n) is 13.0. The summed E-state index contributed by atoms with van der Waals surface area (Å²) in [6.45, 7) is 4.12.